The Labute approximate surface area is 210 Å². The molecule has 2 aromatic carbocycles. The van der Waals surface area contributed by atoms with Gasteiger partial charge in [0.05, 0.1) is 12.3 Å². The number of amides is 2. The first kappa shape index (κ1) is 27.9. The summed E-state index contributed by atoms with van der Waals surface area (Å²) >= 11 is 0. The topological polar surface area (TPSA) is 79.1 Å². The zero-order chi connectivity index (χ0) is 26.1. The summed E-state index contributed by atoms with van der Waals surface area (Å²) in [6, 6.07) is 13.0. The second kappa shape index (κ2) is 13.0. The molecule has 190 valence electrons. The number of carbonyl (C=O) groups is 2. The van der Waals surface area contributed by atoms with E-state index in [2.05, 4.69) is 13.5 Å². The Kier molecular flexibility index (Phi) is 10.3. The second-order valence-electron chi connectivity index (χ2n) is 8.13. The van der Waals surface area contributed by atoms with Crippen LogP contribution in [0.3, 0.4) is 0 Å². The van der Waals surface area contributed by atoms with Crippen molar-refractivity contribution < 1.29 is 14.3 Å². The molecule has 7 heteroatoms. The van der Waals surface area contributed by atoms with Crippen LogP contribution < -0.4 is 25.4 Å². The van der Waals surface area contributed by atoms with E-state index in [1.807, 2.05) is 70.2 Å². The summed E-state index contributed by atoms with van der Waals surface area (Å²) in [4.78, 5) is 28.4. The van der Waals surface area contributed by atoms with Crippen molar-refractivity contribution in [3.05, 3.63) is 60.3 Å². The van der Waals surface area contributed by atoms with Gasteiger partial charge in [-0.3, -0.25) is 14.6 Å². The number of carbonyl (C=O) groups excluding carboxylic acids is 2. The molecule has 0 spiro atoms. The number of hydrazine groups is 1. The number of hydrogen-bond acceptors (Lipinski definition) is 5. The van der Waals surface area contributed by atoms with Crippen molar-refractivity contribution in [1.82, 2.24) is 0 Å². The van der Waals surface area contributed by atoms with Crippen molar-refractivity contribution in [3.8, 4) is 5.75 Å². The van der Waals surface area contributed by atoms with Gasteiger partial charge in [-0.1, -0.05) is 41.2 Å². The Balaban J connectivity index is 0.00000103. The van der Waals surface area contributed by atoms with Crippen LogP contribution in [0.4, 0.5) is 17.1 Å². The molecule has 2 aromatic rings. The van der Waals surface area contributed by atoms with Crippen LogP contribution in [0.25, 0.3) is 0 Å². The van der Waals surface area contributed by atoms with Crippen molar-refractivity contribution >= 4 is 28.9 Å². The molecule has 0 radical (unpaired) electrons. The van der Waals surface area contributed by atoms with Gasteiger partial charge in [-0.05, 0) is 55.3 Å². The Hall–Kier alpha value is -3.32. The van der Waals surface area contributed by atoms with E-state index >= 15 is 0 Å². The van der Waals surface area contributed by atoms with Crippen molar-refractivity contribution in [3.63, 3.8) is 0 Å². The fourth-order valence-corrected chi connectivity index (χ4v) is 4.01. The molecule has 2 amide bonds. The van der Waals surface area contributed by atoms with Crippen LogP contribution in [0.5, 0.6) is 5.75 Å². The minimum absolute atomic E-state index is 0.143. The molecular formula is C28H40N4O3. The molecule has 1 fully saturated rings. The van der Waals surface area contributed by atoms with Crippen LogP contribution in [0, 0.1) is 0 Å². The predicted octanol–water partition coefficient (Wildman–Crippen LogP) is 5.61. The van der Waals surface area contributed by atoms with Crippen LogP contribution in [0.15, 0.2) is 54.7 Å². The van der Waals surface area contributed by atoms with Gasteiger partial charge in [-0.15, -0.1) is 0 Å². The van der Waals surface area contributed by atoms with E-state index in [0.717, 1.165) is 36.4 Å². The Morgan fingerprint density at radius 3 is 2.31 bits per heavy atom. The number of nitrogens with zero attached hydrogens (tertiary/aromatic N) is 3. The van der Waals surface area contributed by atoms with E-state index in [0.29, 0.717) is 24.4 Å². The maximum absolute atomic E-state index is 13.0. The summed E-state index contributed by atoms with van der Waals surface area (Å²) in [6.45, 7) is 15.4. The minimum atomic E-state index is -0.311. The highest BCUT2D eigenvalue weighted by molar-refractivity contribution is 6.07. The molecule has 0 bridgehead atoms. The van der Waals surface area contributed by atoms with Crippen LogP contribution in [-0.4, -0.2) is 32.0 Å². The average molecular weight is 481 g/mol. The maximum atomic E-state index is 13.0. The van der Waals surface area contributed by atoms with E-state index in [9.17, 15) is 9.59 Å². The van der Waals surface area contributed by atoms with E-state index in [4.69, 9.17) is 10.6 Å². The molecule has 35 heavy (non-hydrogen) atoms. The molecule has 0 aromatic heterocycles. The molecule has 7 nitrogen and oxygen atoms in total. The van der Waals surface area contributed by atoms with Gasteiger partial charge in [0.2, 0.25) is 5.91 Å². The summed E-state index contributed by atoms with van der Waals surface area (Å²) in [5.74, 6) is 7.20. The lowest BCUT2D eigenvalue weighted by atomic mass is 10.0. The largest absolute Gasteiger partial charge is 0.493 e. The molecule has 2 heterocycles. The third kappa shape index (κ3) is 6.22. The highest BCUT2D eigenvalue weighted by Gasteiger charge is 2.24. The number of nitrogens with two attached hydrogens (primary N) is 1. The molecule has 2 aliphatic heterocycles. The third-order valence-corrected chi connectivity index (χ3v) is 6.01. The van der Waals surface area contributed by atoms with Gasteiger partial charge in [0, 0.05) is 42.9 Å². The number of rotatable bonds is 5. The Bertz CT molecular complexity index is 1020. The summed E-state index contributed by atoms with van der Waals surface area (Å²) in [6.07, 6.45) is 2.53. The van der Waals surface area contributed by atoms with Gasteiger partial charge in [0.15, 0.2) is 0 Å². The first-order chi connectivity index (χ1) is 16.9. The Morgan fingerprint density at radius 2 is 1.69 bits per heavy atom. The molecule has 1 unspecified atom stereocenters. The summed E-state index contributed by atoms with van der Waals surface area (Å²) in [5.41, 5.74) is 3.46. The number of fused-ring (bicyclic) bond motifs is 1. The van der Waals surface area contributed by atoms with Gasteiger partial charge in [0.1, 0.15) is 11.4 Å². The number of anilines is 3. The van der Waals surface area contributed by atoms with Crippen molar-refractivity contribution in [2.45, 2.75) is 59.8 Å². The lowest BCUT2D eigenvalue weighted by Gasteiger charge is -2.28. The molecule has 2 aliphatic rings. The fraction of sp³-hybridized carbons (Fsp3) is 0.429. The zero-order valence-corrected chi connectivity index (χ0v) is 22.0. The maximum Gasteiger partial charge on any atom is 0.275 e. The van der Waals surface area contributed by atoms with Crippen LogP contribution in [0.1, 0.15) is 65.4 Å². The lowest BCUT2D eigenvalue weighted by molar-refractivity contribution is -0.119. The summed E-state index contributed by atoms with van der Waals surface area (Å²) < 4.78 is 5.63. The highest BCUT2D eigenvalue weighted by Crippen LogP contribution is 2.36. The average Bonchev–Trinajstić information content (AvgIpc) is 3.29. The third-order valence-electron chi connectivity index (χ3n) is 6.01. The van der Waals surface area contributed by atoms with E-state index in [1.54, 1.807) is 11.9 Å². The molecule has 0 aliphatic carbocycles. The molecular weight excluding hydrogens is 440 g/mol. The van der Waals surface area contributed by atoms with Gasteiger partial charge >= 0.3 is 0 Å². The fourth-order valence-electron chi connectivity index (χ4n) is 4.01. The number of hydrogen-bond donors (Lipinski definition) is 1. The second-order valence-corrected chi connectivity index (χ2v) is 8.13. The lowest BCUT2D eigenvalue weighted by Crippen LogP contribution is -2.39. The summed E-state index contributed by atoms with van der Waals surface area (Å²) in [7, 11) is 1.68. The van der Waals surface area contributed by atoms with Crippen molar-refractivity contribution in [1.29, 1.82) is 0 Å². The Morgan fingerprint density at radius 1 is 1.06 bits per heavy atom. The van der Waals surface area contributed by atoms with Gasteiger partial charge < -0.3 is 14.5 Å². The van der Waals surface area contributed by atoms with Crippen molar-refractivity contribution in [2.75, 3.05) is 35.0 Å². The SMILES string of the molecule is C=C(C(=O)N(C)c1ccc(N2CCCCC2=O)cc1)N(N)c1ccc2c(c1)C(C)CO2.CC.CC. The monoisotopic (exact) mass is 480 g/mol. The number of ether oxygens (including phenoxy) is 1. The molecule has 0 saturated carbocycles. The molecule has 2 N–H and O–H groups in total. The van der Waals surface area contributed by atoms with Crippen LogP contribution in [-0.2, 0) is 9.59 Å². The van der Waals surface area contributed by atoms with Gasteiger partial charge in [-0.2, -0.15) is 0 Å². The number of piperidine rings is 1. The first-order valence-electron chi connectivity index (χ1n) is 12.6. The minimum Gasteiger partial charge on any atom is -0.493 e. The van der Waals surface area contributed by atoms with Crippen LogP contribution >= 0.6 is 0 Å². The highest BCUT2D eigenvalue weighted by atomic mass is 16.5. The van der Waals surface area contributed by atoms with E-state index in [-0.39, 0.29) is 23.4 Å². The number of benzene rings is 2. The molecule has 4 rings (SSSR count). The van der Waals surface area contributed by atoms with Crippen molar-refractivity contribution in [2.24, 2.45) is 5.84 Å². The zero-order valence-electron chi connectivity index (χ0n) is 22.0. The van der Waals surface area contributed by atoms with Gasteiger partial charge in [0.25, 0.3) is 5.91 Å². The number of likely N-dealkylation sites (N-methyl/N-ethyl adjacent to an activating group) is 1. The predicted molar refractivity (Wildman–Crippen MR) is 145 cm³/mol. The smallest absolute Gasteiger partial charge is 0.275 e. The summed E-state index contributed by atoms with van der Waals surface area (Å²) in [5, 5.41) is 1.31. The van der Waals surface area contributed by atoms with E-state index < -0.39 is 0 Å². The molecule has 1 atom stereocenters. The molecule has 1 saturated heterocycles. The normalized spacial score (nSPS) is 16.0. The standard InChI is InChI=1S/C24H28N4O3.2C2H6/c1-16-15-31-22-12-11-20(14-21(16)22)28(25)17(2)24(30)26(3)18-7-9-19(10-8-18)27-13-5-4-6-23(27)29;2*1-2/h7-12,14,16H,2,4-6,13,15,25H2,1,3H3;2*1-2H3. The van der Waals surface area contributed by atoms with Crippen LogP contribution in [0.2, 0.25) is 0 Å². The first-order valence-corrected chi connectivity index (χ1v) is 12.6. The van der Waals surface area contributed by atoms with E-state index in [1.165, 1.54) is 9.91 Å². The van der Waals surface area contributed by atoms with Gasteiger partial charge in [-0.25, -0.2) is 5.84 Å². The quantitative estimate of drug-likeness (QED) is 0.342.